The molecule has 7 heteroatoms. The minimum Gasteiger partial charge on any atom is -0.368 e. The number of rotatable bonds is 5. The van der Waals surface area contributed by atoms with Crippen LogP contribution in [0, 0.1) is 12.8 Å². The molecule has 2 fully saturated rings. The second-order valence-electron chi connectivity index (χ2n) is 10.2. The number of hydrogen-bond donors (Lipinski definition) is 1. The monoisotopic (exact) mass is 496 g/mol. The van der Waals surface area contributed by atoms with E-state index in [1.165, 1.54) is 11.1 Å². The van der Waals surface area contributed by atoms with Crippen LogP contribution in [0.2, 0.25) is 5.02 Å². The average molecular weight is 497 g/mol. The van der Waals surface area contributed by atoms with Crippen LogP contribution in [0.15, 0.2) is 42.5 Å². The van der Waals surface area contributed by atoms with E-state index in [4.69, 9.17) is 17.3 Å². The zero-order valence-electron chi connectivity index (χ0n) is 21.2. The Morgan fingerprint density at radius 3 is 2.26 bits per heavy atom. The summed E-state index contributed by atoms with van der Waals surface area (Å²) in [6, 6.07) is 13.6. The molecule has 3 atom stereocenters. The fraction of sp³-hybridized carbons (Fsp3) is 0.500. The van der Waals surface area contributed by atoms with Crippen molar-refractivity contribution in [2.75, 3.05) is 37.6 Å². The third-order valence-electron chi connectivity index (χ3n) is 7.55. The van der Waals surface area contributed by atoms with Crippen LogP contribution in [0.5, 0.6) is 0 Å². The SMILES string of the molecule is CC(=O)N1CC[C@H](c2ccc(Cl)cc2)[C@H]1C(=O)N1CCN(c2ccc(C)cc2[C@@H](N)C(C)C)CC1. The van der Waals surface area contributed by atoms with E-state index < -0.39 is 6.04 Å². The zero-order valence-corrected chi connectivity index (χ0v) is 22.0. The van der Waals surface area contributed by atoms with Gasteiger partial charge in [0.25, 0.3) is 0 Å². The molecule has 0 bridgehead atoms. The summed E-state index contributed by atoms with van der Waals surface area (Å²) < 4.78 is 0. The molecule has 2 heterocycles. The van der Waals surface area contributed by atoms with Crippen molar-refractivity contribution in [2.24, 2.45) is 11.7 Å². The van der Waals surface area contributed by atoms with Crippen molar-refractivity contribution in [3.63, 3.8) is 0 Å². The summed E-state index contributed by atoms with van der Waals surface area (Å²) in [5.41, 5.74) is 11.1. The third-order valence-corrected chi connectivity index (χ3v) is 7.80. The summed E-state index contributed by atoms with van der Waals surface area (Å²) in [7, 11) is 0. The molecular weight excluding hydrogens is 460 g/mol. The van der Waals surface area contributed by atoms with E-state index in [0.29, 0.717) is 30.6 Å². The molecule has 0 radical (unpaired) electrons. The Morgan fingerprint density at radius 2 is 1.66 bits per heavy atom. The first kappa shape index (κ1) is 25.5. The number of likely N-dealkylation sites (tertiary alicyclic amines) is 1. The van der Waals surface area contributed by atoms with E-state index in [1.807, 2.05) is 29.2 Å². The van der Waals surface area contributed by atoms with Gasteiger partial charge in [-0.2, -0.15) is 0 Å². The second kappa shape index (κ2) is 10.6. The van der Waals surface area contributed by atoms with Gasteiger partial charge in [-0.15, -0.1) is 0 Å². The summed E-state index contributed by atoms with van der Waals surface area (Å²) in [6.07, 6.45) is 0.775. The number of benzene rings is 2. The van der Waals surface area contributed by atoms with Crippen LogP contribution in [-0.2, 0) is 9.59 Å². The van der Waals surface area contributed by atoms with Crippen LogP contribution < -0.4 is 10.6 Å². The average Bonchev–Trinajstić information content (AvgIpc) is 3.29. The molecule has 2 saturated heterocycles. The fourth-order valence-corrected chi connectivity index (χ4v) is 5.58. The van der Waals surface area contributed by atoms with Crippen LogP contribution in [0.1, 0.15) is 55.8 Å². The van der Waals surface area contributed by atoms with Crippen molar-refractivity contribution in [1.29, 1.82) is 0 Å². The smallest absolute Gasteiger partial charge is 0.246 e. The van der Waals surface area contributed by atoms with Gasteiger partial charge in [0, 0.05) is 62.3 Å². The lowest BCUT2D eigenvalue weighted by atomic mass is 9.90. The van der Waals surface area contributed by atoms with Crippen molar-refractivity contribution in [2.45, 2.75) is 52.1 Å². The van der Waals surface area contributed by atoms with Gasteiger partial charge in [-0.3, -0.25) is 9.59 Å². The lowest BCUT2D eigenvalue weighted by molar-refractivity contribution is -0.143. The number of halogens is 1. The first-order valence-electron chi connectivity index (χ1n) is 12.6. The Morgan fingerprint density at radius 1 is 1.00 bits per heavy atom. The molecule has 0 spiro atoms. The fourth-order valence-electron chi connectivity index (χ4n) is 5.45. The Hall–Kier alpha value is -2.57. The van der Waals surface area contributed by atoms with Gasteiger partial charge in [-0.25, -0.2) is 0 Å². The maximum absolute atomic E-state index is 13.8. The predicted molar refractivity (Wildman–Crippen MR) is 142 cm³/mol. The molecule has 4 rings (SSSR count). The highest BCUT2D eigenvalue weighted by Crippen LogP contribution is 2.36. The predicted octanol–water partition coefficient (Wildman–Crippen LogP) is 4.36. The molecule has 0 aliphatic carbocycles. The van der Waals surface area contributed by atoms with Crippen molar-refractivity contribution in [3.05, 3.63) is 64.2 Å². The number of carbonyl (C=O) groups is 2. The van der Waals surface area contributed by atoms with E-state index in [2.05, 4.69) is 43.9 Å². The summed E-state index contributed by atoms with van der Waals surface area (Å²) in [5, 5.41) is 0.668. The van der Waals surface area contributed by atoms with Crippen molar-refractivity contribution < 1.29 is 9.59 Å². The van der Waals surface area contributed by atoms with E-state index >= 15 is 0 Å². The van der Waals surface area contributed by atoms with Crippen molar-refractivity contribution in [3.8, 4) is 0 Å². The van der Waals surface area contributed by atoms with Crippen LogP contribution in [-0.4, -0.2) is 60.4 Å². The summed E-state index contributed by atoms with van der Waals surface area (Å²) in [5.74, 6) is 0.309. The summed E-state index contributed by atoms with van der Waals surface area (Å²) in [6.45, 7) is 11.3. The van der Waals surface area contributed by atoms with Gasteiger partial charge in [-0.05, 0) is 48.6 Å². The van der Waals surface area contributed by atoms with Crippen molar-refractivity contribution >= 4 is 29.1 Å². The first-order valence-corrected chi connectivity index (χ1v) is 13.0. The molecule has 2 aromatic rings. The molecule has 0 aromatic heterocycles. The second-order valence-corrected chi connectivity index (χ2v) is 10.7. The summed E-state index contributed by atoms with van der Waals surface area (Å²) >= 11 is 6.09. The van der Waals surface area contributed by atoms with Crippen LogP contribution in [0.25, 0.3) is 0 Å². The van der Waals surface area contributed by atoms with E-state index in [1.54, 1.807) is 11.8 Å². The quantitative estimate of drug-likeness (QED) is 0.667. The lowest BCUT2D eigenvalue weighted by Gasteiger charge is -2.40. The highest BCUT2D eigenvalue weighted by molar-refractivity contribution is 6.30. The lowest BCUT2D eigenvalue weighted by Crippen LogP contribution is -2.55. The Bertz CT molecular complexity index is 1060. The number of aryl methyl sites for hydroxylation is 1. The molecule has 0 saturated carbocycles. The number of carbonyl (C=O) groups excluding carboxylic acids is 2. The molecule has 0 unspecified atom stereocenters. The number of hydrogen-bond acceptors (Lipinski definition) is 4. The molecule has 2 aromatic carbocycles. The number of nitrogens with zero attached hydrogens (tertiary/aromatic N) is 3. The first-order chi connectivity index (χ1) is 16.7. The molecular formula is C28H37ClN4O2. The van der Waals surface area contributed by atoms with E-state index in [9.17, 15) is 9.59 Å². The molecule has 2 aliphatic rings. The minimum absolute atomic E-state index is 0.0190. The largest absolute Gasteiger partial charge is 0.368 e. The maximum Gasteiger partial charge on any atom is 0.246 e. The zero-order chi connectivity index (χ0) is 25.3. The normalized spacial score (nSPS) is 21.5. The van der Waals surface area contributed by atoms with Crippen LogP contribution >= 0.6 is 11.6 Å². The number of nitrogens with two attached hydrogens (primary N) is 1. The Balaban J connectivity index is 1.51. The number of amides is 2. The topological polar surface area (TPSA) is 69.9 Å². The van der Waals surface area contributed by atoms with Gasteiger partial charge in [-0.1, -0.05) is 55.3 Å². The van der Waals surface area contributed by atoms with Gasteiger partial charge >= 0.3 is 0 Å². The molecule has 188 valence electrons. The van der Waals surface area contributed by atoms with E-state index in [-0.39, 0.29) is 23.8 Å². The number of piperazine rings is 1. The van der Waals surface area contributed by atoms with Crippen LogP contribution in [0.3, 0.4) is 0 Å². The number of anilines is 1. The Kier molecular flexibility index (Phi) is 7.72. The molecule has 2 N–H and O–H groups in total. The summed E-state index contributed by atoms with van der Waals surface area (Å²) in [4.78, 5) is 32.2. The molecule has 35 heavy (non-hydrogen) atoms. The van der Waals surface area contributed by atoms with Gasteiger partial charge < -0.3 is 20.4 Å². The Labute approximate surface area is 214 Å². The van der Waals surface area contributed by atoms with Crippen LogP contribution in [0.4, 0.5) is 5.69 Å². The minimum atomic E-state index is -0.468. The van der Waals surface area contributed by atoms with E-state index in [0.717, 1.165) is 30.8 Å². The third kappa shape index (κ3) is 5.34. The van der Waals surface area contributed by atoms with Gasteiger partial charge in [0.15, 0.2) is 0 Å². The van der Waals surface area contributed by atoms with Gasteiger partial charge in [0.1, 0.15) is 6.04 Å². The maximum atomic E-state index is 13.8. The van der Waals surface area contributed by atoms with Gasteiger partial charge in [0.2, 0.25) is 11.8 Å². The highest BCUT2D eigenvalue weighted by atomic mass is 35.5. The molecule has 2 amide bonds. The molecule has 6 nitrogen and oxygen atoms in total. The highest BCUT2D eigenvalue weighted by Gasteiger charge is 2.43. The van der Waals surface area contributed by atoms with Gasteiger partial charge in [0.05, 0.1) is 0 Å². The van der Waals surface area contributed by atoms with Crippen molar-refractivity contribution in [1.82, 2.24) is 9.80 Å². The standard InChI is InChI=1S/C28H37ClN4O2/c1-18(2)26(30)24-17-19(3)5-10-25(24)31-13-15-32(16-14-31)28(35)27-23(11-12-33(27)20(4)34)21-6-8-22(29)9-7-21/h5-10,17-18,23,26-27H,11-16,30H2,1-4H3/t23-,26+,27+/m1/s1. The molecule has 2 aliphatic heterocycles.